The SMILES string of the molecule is [2H]c1c([2H])c([2H])c(-c2cccc(-c3cccc(C(C)(C)C)c3)c2N2[CH-]N(c3[c-]c(Oc4[c-]c5c(cc4)c4c([2H])c([2H])c([2H])c([2H])c4n5-c4cc(C([2H])([2H])[2H])ccn4)ccc3)c3ccccc32)c([2H])c1[2H].[Pt]. The molecule has 0 saturated carbocycles. The Morgan fingerprint density at radius 1 is 0.678 bits per heavy atom. The molecule has 5 nitrogen and oxygen atoms in total. The number of hydrogen-bond acceptors (Lipinski definition) is 4. The fourth-order valence-electron chi connectivity index (χ4n) is 7.46. The van der Waals surface area contributed by atoms with Crippen LogP contribution in [-0.4, -0.2) is 9.55 Å². The van der Waals surface area contributed by atoms with E-state index < -0.39 is 37.1 Å². The summed E-state index contributed by atoms with van der Waals surface area (Å²) in [4.78, 5) is 8.34. The Labute approximate surface area is 377 Å². The molecule has 0 amide bonds. The Hall–Kier alpha value is -6.42. The van der Waals surface area contributed by atoms with Gasteiger partial charge >= 0.3 is 0 Å². The van der Waals surface area contributed by atoms with Crippen LogP contribution < -0.4 is 14.5 Å². The molecule has 0 spiro atoms. The van der Waals surface area contributed by atoms with Gasteiger partial charge in [0.2, 0.25) is 0 Å². The van der Waals surface area contributed by atoms with Crippen molar-refractivity contribution in [3.05, 3.63) is 200 Å². The molecular formula is C53H41N4OPt-3. The molecule has 9 aromatic rings. The molecule has 2 aromatic heterocycles. The third-order valence-corrected chi connectivity index (χ3v) is 10.2. The van der Waals surface area contributed by atoms with Gasteiger partial charge in [0.05, 0.1) is 12.3 Å². The Bertz CT molecular complexity index is 3600. The van der Waals surface area contributed by atoms with Gasteiger partial charge in [-0.2, -0.15) is 12.1 Å². The van der Waals surface area contributed by atoms with Crippen molar-refractivity contribution in [2.75, 3.05) is 9.80 Å². The Kier molecular flexibility index (Phi) is 6.93. The minimum Gasteiger partial charge on any atom is -0.509 e. The molecule has 0 fully saturated rings. The normalized spacial score (nSPS) is 15.6. The second-order valence-electron chi connectivity index (χ2n) is 14.9. The van der Waals surface area contributed by atoms with Crippen molar-refractivity contribution >= 4 is 44.6 Å². The molecule has 6 heteroatoms. The van der Waals surface area contributed by atoms with Gasteiger partial charge in [-0.05, 0) is 70.2 Å². The van der Waals surface area contributed by atoms with E-state index in [1.807, 2.05) is 71.1 Å². The average Bonchev–Trinajstić information content (AvgIpc) is 3.90. The standard InChI is InChI=1S/C53H41N4O.Pt/c1-36-29-30-54-51(31-36)57-47-24-9-8-21-45(47)46-28-27-42(34-50(46)57)58-41-20-13-19-40(33-41)55-35-56(49-26-11-10-25-48(49)55)52-43(37-15-6-5-7-16-37)22-14-23-44(52)38-17-12-18-39(32-38)53(2,3)4;/h5-32,35H,1-4H3;/q-3;/i1D3,5D,6D,7D,8D,9D,15D,16D,21D,24D;. The molecule has 7 aromatic carbocycles. The van der Waals surface area contributed by atoms with Gasteiger partial charge in [-0.15, -0.1) is 48.1 Å². The van der Waals surface area contributed by atoms with Crippen molar-refractivity contribution in [3.63, 3.8) is 0 Å². The molecule has 3 heterocycles. The first kappa shape index (κ1) is 26.6. The summed E-state index contributed by atoms with van der Waals surface area (Å²) in [7, 11) is 0. The zero-order valence-corrected chi connectivity index (χ0v) is 34.3. The molecule has 10 rings (SSSR count). The number of nitrogens with zero attached hydrogens (tertiary/aromatic N) is 4. The average molecular weight is 957 g/mol. The molecule has 0 N–H and O–H groups in total. The van der Waals surface area contributed by atoms with Crippen molar-refractivity contribution in [2.24, 2.45) is 0 Å². The number of aromatic nitrogens is 2. The largest absolute Gasteiger partial charge is 0.509 e. The molecular weight excluding hydrogens is 904 g/mol. The van der Waals surface area contributed by atoms with Gasteiger partial charge in [0.1, 0.15) is 5.82 Å². The summed E-state index contributed by atoms with van der Waals surface area (Å²) in [5.41, 5.74) is 6.06. The Morgan fingerprint density at radius 3 is 2.22 bits per heavy atom. The van der Waals surface area contributed by atoms with E-state index in [1.54, 1.807) is 30.3 Å². The quantitative estimate of drug-likeness (QED) is 0.149. The van der Waals surface area contributed by atoms with Crippen molar-refractivity contribution in [1.82, 2.24) is 9.55 Å². The molecule has 0 radical (unpaired) electrons. The molecule has 59 heavy (non-hydrogen) atoms. The fraction of sp³-hybridized carbons (Fsp3) is 0.0943. The summed E-state index contributed by atoms with van der Waals surface area (Å²) in [6.45, 7) is 5.80. The van der Waals surface area contributed by atoms with Crippen molar-refractivity contribution in [2.45, 2.75) is 33.0 Å². The van der Waals surface area contributed by atoms with Crippen LogP contribution in [0.15, 0.2) is 170 Å². The summed E-state index contributed by atoms with van der Waals surface area (Å²) >= 11 is 0. The predicted molar refractivity (Wildman–Crippen MR) is 239 cm³/mol. The van der Waals surface area contributed by atoms with Crippen molar-refractivity contribution in [1.29, 1.82) is 0 Å². The van der Waals surface area contributed by atoms with Crippen LogP contribution in [0.4, 0.5) is 22.7 Å². The molecule has 1 aliphatic heterocycles. The number of pyridine rings is 1. The van der Waals surface area contributed by atoms with E-state index in [4.69, 9.17) is 21.2 Å². The van der Waals surface area contributed by atoms with Crippen LogP contribution in [0.2, 0.25) is 0 Å². The van der Waals surface area contributed by atoms with Gasteiger partial charge in [0, 0.05) is 76.6 Å². The minimum atomic E-state index is -2.48. The van der Waals surface area contributed by atoms with Crippen molar-refractivity contribution < 1.29 is 42.3 Å². The monoisotopic (exact) mass is 956 g/mol. The van der Waals surface area contributed by atoms with E-state index >= 15 is 0 Å². The van der Waals surface area contributed by atoms with Crippen LogP contribution in [0.25, 0.3) is 49.9 Å². The van der Waals surface area contributed by atoms with E-state index in [0.29, 0.717) is 22.3 Å². The third-order valence-electron chi connectivity index (χ3n) is 10.2. The first-order valence-electron chi connectivity index (χ1n) is 24.7. The summed E-state index contributed by atoms with van der Waals surface area (Å²) in [5, 5.41) is 0.634. The molecule has 0 aliphatic carbocycles. The van der Waals surface area contributed by atoms with Gasteiger partial charge in [0.25, 0.3) is 0 Å². The van der Waals surface area contributed by atoms with Gasteiger partial charge in [-0.1, -0.05) is 129 Å². The minimum absolute atomic E-state index is 0. The summed E-state index contributed by atoms with van der Waals surface area (Å²) in [6.07, 6.45) is 1.34. The first-order valence-corrected chi connectivity index (χ1v) is 18.7. The van der Waals surface area contributed by atoms with Crippen LogP contribution in [-0.2, 0) is 26.5 Å². The molecule has 292 valence electrons. The molecule has 1 aliphatic rings. The van der Waals surface area contributed by atoms with E-state index in [1.165, 1.54) is 22.9 Å². The second kappa shape index (κ2) is 15.4. The Morgan fingerprint density at radius 2 is 1.41 bits per heavy atom. The van der Waals surface area contributed by atoms with E-state index in [0.717, 1.165) is 28.1 Å². The van der Waals surface area contributed by atoms with Gasteiger partial charge in [-0.3, -0.25) is 0 Å². The number of anilines is 4. The smallest absolute Gasteiger partial charge is 0.135 e. The predicted octanol–water partition coefficient (Wildman–Crippen LogP) is 13.9. The number of hydrogen-bond donors (Lipinski definition) is 0. The van der Waals surface area contributed by atoms with Gasteiger partial charge < -0.3 is 19.1 Å². The summed E-state index contributed by atoms with van der Waals surface area (Å²) in [6, 6.07) is 36.0. The van der Waals surface area contributed by atoms with Gasteiger partial charge in [0.15, 0.2) is 0 Å². The van der Waals surface area contributed by atoms with Crippen LogP contribution in [0.1, 0.15) is 48.3 Å². The number of fused-ring (bicyclic) bond motifs is 4. The maximum absolute atomic E-state index is 9.07. The maximum Gasteiger partial charge on any atom is 0.135 e. The number of benzene rings is 7. The van der Waals surface area contributed by atoms with Crippen LogP contribution >= 0.6 is 0 Å². The van der Waals surface area contributed by atoms with E-state index in [9.17, 15) is 0 Å². The second-order valence-corrected chi connectivity index (χ2v) is 14.9. The topological polar surface area (TPSA) is 33.5 Å². The number of para-hydroxylation sites is 4. The molecule has 0 bridgehead atoms. The molecule has 0 saturated heterocycles. The molecule has 0 atom stereocenters. The van der Waals surface area contributed by atoms with Gasteiger partial charge in [-0.25, -0.2) is 4.98 Å². The number of rotatable bonds is 7. The summed E-state index contributed by atoms with van der Waals surface area (Å²) in [5.74, 6) is 0.604. The zero-order valence-electron chi connectivity index (χ0n) is 44.1. The zero-order chi connectivity index (χ0) is 49.7. The fourth-order valence-corrected chi connectivity index (χ4v) is 7.46. The van der Waals surface area contributed by atoms with Crippen LogP contribution in [0, 0.1) is 25.7 Å². The van der Waals surface area contributed by atoms with Crippen molar-refractivity contribution in [3.8, 4) is 39.6 Å². The number of aryl methyl sites for hydroxylation is 1. The first-order chi connectivity index (χ1) is 33.2. The molecule has 0 unspecified atom stereocenters. The van der Waals surface area contributed by atoms with E-state index in [-0.39, 0.29) is 95.5 Å². The maximum atomic E-state index is 9.07. The van der Waals surface area contributed by atoms with E-state index in [2.05, 4.69) is 50.0 Å². The van der Waals surface area contributed by atoms with Crippen LogP contribution in [0.3, 0.4) is 0 Å². The Balaban J connectivity index is 0.00000624. The van der Waals surface area contributed by atoms with Crippen LogP contribution in [0.5, 0.6) is 11.5 Å². The summed E-state index contributed by atoms with van der Waals surface area (Å²) < 4.78 is 111. The number of ether oxygens (including phenoxy) is 1. The third kappa shape index (κ3) is 7.00.